The number of nitrogens with two attached hydrogens (primary N) is 1. The highest BCUT2D eigenvalue weighted by Crippen LogP contribution is 2.28. The Balaban J connectivity index is 0. The van der Waals surface area contributed by atoms with Crippen LogP contribution in [0.25, 0.3) is 0 Å². The van der Waals surface area contributed by atoms with Gasteiger partial charge in [0.1, 0.15) is 6.61 Å². The van der Waals surface area contributed by atoms with Gasteiger partial charge in [-0.2, -0.15) is 0 Å². The first-order chi connectivity index (χ1) is 10.5. The molecular formula is C16H29Cl2N3O3. The number of hydrogen-bond acceptors (Lipinski definition) is 5. The summed E-state index contributed by atoms with van der Waals surface area (Å²) in [4.78, 5) is 13.8. The van der Waals surface area contributed by atoms with Crippen molar-refractivity contribution in [2.24, 2.45) is 11.7 Å². The Morgan fingerprint density at radius 1 is 1.29 bits per heavy atom. The molecule has 24 heavy (non-hydrogen) atoms. The molecule has 0 aliphatic heterocycles. The first-order valence-corrected chi connectivity index (χ1v) is 7.40. The number of carbonyl (C=O) groups is 1. The summed E-state index contributed by atoms with van der Waals surface area (Å²) >= 11 is 0. The number of nitrogens with zero attached hydrogens (tertiary/aromatic N) is 1. The van der Waals surface area contributed by atoms with Gasteiger partial charge in [0.15, 0.2) is 11.5 Å². The maximum absolute atomic E-state index is 11.7. The third kappa shape index (κ3) is 8.59. The molecule has 6 nitrogen and oxygen atoms in total. The number of benzene rings is 1. The van der Waals surface area contributed by atoms with Crippen molar-refractivity contribution in [2.45, 2.75) is 13.5 Å². The van der Waals surface area contributed by atoms with Gasteiger partial charge >= 0.3 is 0 Å². The molecule has 0 saturated heterocycles. The van der Waals surface area contributed by atoms with E-state index in [-0.39, 0.29) is 36.6 Å². The fourth-order valence-electron chi connectivity index (χ4n) is 1.75. The van der Waals surface area contributed by atoms with Gasteiger partial charge in [-0.1, -0.05) is 13.0 Å². The van der Waals surface area contributed by atoms with E-state index in [0.29, 0.717) is 31.2 Å². The fraction of sp³-hybridized carbons (Fsp3) is 0.562. The lowest BCUT2D eigenvalue weighted by molar-refractivity contribution is -0.124. The summed E-state index contributed by atoms with van der Waals surface area (Å²) in [5.41, 5.74) is 6.43. The quantitative estimate of drug-likeness (QED) is 0.680. The maximum atomic E-state index is 11.7. The predicted molar refractivity (Wildman–Crippen MR) is 102 cm³/mol. The van der Waals surface area contributed by atoms with Gasteiger partial charge in [0, 0.05) is 25.6 Å². The minimum atomic E-state index is -0.185. The minimum Gasteiger partial charge on any atom is -0.493 e. The zero-order chi connectivity index (χ0) is 16.5. The van der Waals surface area contributed by atoms with E-state index < -0.39 is 0 Å². The summed E-state index contributed by atoms with van der Waals surface area (Å²) in [6.45, 7) is 4.01. The first kappa shape index (κ1) is 25.0. The molecule has 3 N–H and O–H groups in total. The fourth-order valence-corrected chi connectivity index (χ4v) is 1.75. The van der Waals surface area contributed by atoms with Crippen LogP contribution >= 0.6 is 24.8 Å². The van der Waals surface area contributed by atoms with Crippen LogP contribution in [0.5, 0.6) is 11.5 Å². The number of nitrogens with one attached hydrogen (secondary N) is 1. The molecule has 0 bridgehead atoms. The summed E-state index contributed by atoms with van der Waals surface area (Å²) in [6.07, 6.45) is 0. The molecule has 1 aromatic carbocycles. The molecule has 1 unspecified atom stereocenters. The lowest BCUT2D eigenvalue weighted by Gasteiger charge is -2.15. The molecule has 1 amide bonds. The van der Waals surface area contributed by atoms with E-state index in [0.717, 1.165) is 12.1 Å². The lowest BCUT2D eigenvalue weighted by Crippen LogP contribution is -2.32. The van der Waals surface area contributed by atoms with Gasteiger partial charge in [-0.25, -0.2) is 0 Å². The van der Waals surface area contributed by atoms with E-state index in [1.54, 1.807) is 14.0 Å². The van der Waals surface area contributed by atoms with Crippen LogP contribution in [-0.4, -0.2) is 51.7 Å². The van der Waals surface area contributed by atoms with Gasteiger partial charge in [0.25, 0.3) is 0 Å². The van der Waals surface area contributed by atoms with Gasteiger partial charge < -0.3 is 25.4 Å². The summed E-state index contributed by atoms with van der Waals surface area (Å²) < 4.78 is 11.1. The lowest BCUT2D eigenvalue weighted by atomic mass is 10.1. The monoisotopic (exact) mass is 381 g/mol. The average molecular weight is 382 g/mol. The average Bonchev–Trinajstić information content (AvgIpc) is 2.52. The minimum absolute atomic E-state index is 0. The van der Waals surface area contributed by atoms with E-state index in [2.05, 4.69) is 10.2 Å². The molecule has 0 aliphatic rings. The predicted octanol–water partition coefficient (Wildman–Crippen LogP) is 1.69. The number of rotatable bonds is 9. The highest BCUT2D eigenvalue weighted by molar-refractivity contribution is 5.85. The Kier molecular flexibility index (Phi) is 13.7. The van der Waals surface area contributed by atoms with Crippen molar-refractivity contribution in [1.82, 2.24) is 10.2 Å². The number of halogens is 2. The molecule has 0 heterocycles. The van der Waals surface area contributed by atoms with E-state index in [1.165, 1.54) is 0 Å². The largest absolute Gasteiger partial charge is 0.493 e. The van der Waals surface area contributed by atoms with Crippen LogP contribution in [0.4, 0.5) is 0 Å². The number of amides is 1. The summed E-state index contributed by atoms with van der Waals surface area (Å²) in [6, 6.07) is 5.65. The second-order valence-corrected chi connectivity index (χ2v) is 5.49. The van der Waals surface area contributed by atoms with Gasteiger partial charge in [0.2, 0.25) is 5.91 Å². The third-order valence-corrected chi connectivity index (χ3v) is 3.29. The Morgan fingerprint density at radius 2 is 1.96 bits per heavy atom. The second-order valence-electron chi connectivity index (χ2n) is 5.49. The summed E-state index contributed by atoms with van der Waals surface area (Å²) in [7, 11) is 5.59. The zero-order valence-corrected chi connectivity index (χ0v) is 16.3. The molecule has 1 rings (SSSR count). The van der Waals surface area contributed by atoms with Crippen molar-refractivity contribution in [3.63, 3.8) is 0 Å². The number of carbonyl (C=O) groups excluding carboxylic acids is 1. The normalized spacial score (nSPS) is 11.1. The summed E-state index contributed by atoms with van der Waals surface area (Å²) in [5, 5.41) is 2.86. The van der Waals surface area contributed by atoms with Crippen molar-refractivity contribution < 1.29 is 14.3 Å². The summed E-state index contributed by atoms with van der Waals surface area (Å²) in [5.74, 6) is 1.13. The van der Waals surface area contributed by atoms with Crippen LogP contribution < -0.4 is 20.5 Å². The molecule has 1 aromatic rings. The van der Waals surface area contributed by atoms with Gasteiger partial charge in [-0.15, -0.1) is 24.8 Å². The van der Waals surface area contributed by atoms with Crippen LogP contribution in [0, 0.1) is 5.92 Å². The van der Waals surface area contributed by atoms with E-state index >= 15 is 0 Å². The van der Waals surface area contributed by atoms with E-state index in [9.17, 15) is 4.79 Å². The number of likely N-dealkylation sites (N-methyl/N-ethyl adjacent to an activating group) is 1. The van der Waals surface area contributed by atoms with Gasteiger partial charge in [-0.05, 0) is 31.8 Å². The second kappa shape index (κ2) is 13.1. The van der Waals surface area contributed by atoms with Crippen LogP contribution in [0.1, 0.15) is 12.5 Å². The Morgan fingerprint density at radius 3 is 2.50 bits per heavy atom. The van der Waals surface area contributed by atoms with E-state index in [4.69, 9.17) is 15.2 Å². The van der Waals surface area contributed by atoms with Crippen molar-refractivity contribution in [2.75, 3.05) is 40.9 Å². The molecule has 0 aliphatic carbocycles. The van der Waals surface area contributed by atoms with Gasteiger partial charge in [0.05, 0.1) is 7.11 Å². The van der Waals surface area contributed by atoms with Crippen molar-refractivity contribution in [1.29, 1.82) is 0 Å². The topological polar surface area (TPSA) is 76.8 Å². The standard InChI is InChI=1S/C16H27N3O3.2ClH/c1-12(10-17)16(20)18-11-13-5-6-14(15(9-13)21-4)22-8-7-19(2)3;;/h5-6,9,12H,7-8,10-11,17H2,1-4H3,(H,18,20);2*1H. The van der Waals surface area contributed by atoms with Crippen molar-refractivity contribution >= 4 is 30.7 Å². The Hall–Kier alpha value is -1.21. The zero-order valence-electron chi connectivity index (χ0n) is 14.7. The Labute approximate surface area is 156 Å². The third-order valence-electron chi connectivity index (χ3n) is 3.29. The number of hydrogen-bond donors (Lipinski definition) is 2. The molecule has 0 aromatic heterocycles. The van der Waals surface area contributed by atoms with Crippen molar-refractivity contribution in [3.8, 4) is 11.5 Å². The van der Waals surface area contributed by atoms with Crippen LogP contribution in [0.15, 0.2) is 18.2 Å². The Bertz CT molecular complexity index is 488. The molecule has 1 atom stereocenters. The smallest absolute Gasteiger partial charge is 0.224 e. The van der Waals surface area contributed by atoms with Crippen LogP contribution in [0.3, 0.4) is 0 Å². The SMILES string of the molecule is COc1cc(CNC(=O)C(C)CN)ccc1OCCN(C)C.Cl.Cl. The number of methoxy groups -OCH3 is 1. The number of ether oxygens (including phenoxy) is 2. The molecule has 140 valence electrons. The van der Waals surface area contributed by atoms with Crippen LogP contribution in [-0.2, 0) is 11.3 Å². The maximum Gasteiger partial charge on any atom is 0.224 e. The molecule has 0 spiro atoms. The molecular weight excluding hydrogens is 353 g/mol. The molecule has 0 saturated carbocycles. The van der Waals surface area contributed by atoms with Gasteiger partial charge in [-0.3, -0.25) is 4.79 Å². The highest BCUT2D eigenvalue weighted by atomic mass is 35.5. The van der Waals surface area contributed by atoms with Crippen LogP contribution in [0.2, 0.25) is 0 Å². The first-order valence-electron chi connectivity index (χ1n) is 7.40. The van der Waals surface area contributed by atoms with E-state index in [1.807, 2.05) is 32.3 Å². The van der Waals surface area contributed by atoms with Crippen molar-refractivity contribution in [3.05, 3.63) is 23.8 Å². The highest BCUT2D eigenvalue weighted by Gasteiger charge is 2.11. The molecule has 0 radical (unpaired) electrons. The molecule has 0 fully saturated rings. The molecule has 8 heteroatoms.